The summed E-state index contributed by atoms with van der Waals surface area (Å²) in [5, 5.41) is 0. The van der Waals surface area contributed by atoms with Gasteiger partial charge in [-0.25, -0.2) is 0 Å². The second-order valence-electron chi connectivity index (χ2n) is 4.58. The Morgan fingerprint density at radius 1 is 1.11 bits per heavy atom. The zero-order valence-corrected chi connectivity index (χ0v) is 11.2. The molecule has 0 saturated carbocycles. The van der Waals surface area contributed by atoms with Crippen molar-refractivity contribution in [1.29, 1.82) is 0 Å². The largest absolute Gasteiger partial charge is 0.494 e. The lowest BCUT2D eigenvalue weighted by Crippen LogP contribution is -2.20. The Labute approximate surface area is 108 Å². The number of carbonyl (C=O) groups excluding carboxylic acids is 2. The summed E-state index contributed by atoms with van der Waals surface area (Å²) in [7, 11) is 0. The predicted molar refractivity (Wildman–Crippen MR) is 70.8 cm³/mol. The summed E-state index contributed by atoms with van der Waals surface area (Å²) in [6.07, 6.45) is 1.27. The van der Waals surface area contributed by atoms with Gasteiger partial charge in [0, 0.05) is 0 Å². The maximum absolute atomic E-state index is 11.2. The van der Waals surface area contributed by atoms with Crippen LogP contribution in [0.25, 0.3) is 0 Å². The van der Waals surface area contributed by atoms with E-state index in [0.29, 0.717) is 19.4 Å². The summed E-state index contributed by atoms with van der Waals surface area (Å²) in [4.78, 5) is 22.5. The zero-order valence-electron chi connectivity index (χ0n) is 11.2. The van der Waals surface area contributed by atoms with Crippen molar-refractivity contribution in [2.45, 2.75) is 33.6 Å². The molecule has 0 aliphatic carbocycles. The number of carbonyl (C=O) groups is 2. The topological polar surface area (TPSA) is 43.4 Å². The van der Waals surface area contributed by atoms with Gasteiger partial charge in [0.1, 0.15) is 17.3 Å². The maximum atomic E-state index is 11.2. The summed E-state index contributed by atoms with van der Waals surface area (Å²) in [5.74, 6) is 0.241. The van der Waals surface area contributed by atoms with Crippen LogP contribution < -0.4 is 4.74 Å². The van der Waals surface area contributed by atoms with Gasteiger partial charge in [-0.2, -0.15) is 0 Å². The van der Waals surface area contributed by atoms with Crippen molar-refractivity contribution < 1.29 is 14.3 Å². The molecule has 0 unspecified atom stereocenters. The molecule has 0 atom stereocenters. The van der Waals surface area contributed by atoms with Gasteiger partial charge in [-0.15, -0.1) is 0 Å². The van der Waals surface area contributed by atoms with E-state index < -0.39 is 5.92 Å². The first-order valence-electron chi connectivity index (χ1n) is 6.21. The third-order valence-electron chi connectivity index (χ3n) is 2.91. The van der Waals surface area contributed by atoms with Crippen molar-refractivity contribution in [3.05, 3.63) is 29.8 Å². The summed E-state index contributed by atoms with van der Waals surface area (Å²) in [5.41, 5.74) is 1.19. The van der Waals surface area contributed by atoms with E-state index in [0.717, 1.165) is 5.75 Å². The molecule has 3 heteroatoms. The molecule has 18 heavy (non-hydrogen) atoms. The Hall–Kier alpha value is -1.64. The first-order valence-corrected chi connectivity index (χ1v) is 6.21. The quantitative estimate of drug-likeness (QED) is 0.550. The van der Waals surface area contributed by atoms with Crippen LogP contribution in [0.4, 0.5) is 0 Å². The molecule has 0 spiro atoms. The molecule has 3 nitrogen and oxygen atoms in total. The van der Waals surface area contributed by atoms with E-state index in [2.05, 4.69) is 0 Å². The second kappa shape index (κ2) is 6.94. The molecule has 0 bridgehead atoms. The van der Waals surface area contributed by atoms with Crippen LogP contribution in [0.5, 0.6) is 5.75 Å². The number of rotatable bonds is 7. The van der Waals surface area contributed by atoms with E-state index in [4.69, 9.17) is 4.74 Å². The third kappa shape index (κ3) is 4.70. The highest BCUT2D eigenvalue weighted by atomic mass is 16.5. The number of ether oxygens (including phenoxy) is 1. The molecule has 0 aliphatic rings. The van der Waals surface area contributed by atoms with Crippen molar-refractivity contribution >= 4 is 11.6 Å². The predicted octanol–water partition coefficient (Wildman–Crippen LogP) is 2.95. The van der Waals surface area contributed by atoms with Crippen molar-refractivity contribution in [1.82, 2.24) is 0 Å². The molecule has 98 valence electrons. The minimum atomic E-state index is -0.466. The van der Waals surface area contributed by atoms with Gasteiger partial charge in [0.05, 0.1) is 12.5 Å². The number of hydrogen-bond donors (Lipinski definition) is 0. The van der Waals surface area contributed by atoms with Gasteiger partial charge >= 0.3 is 0 Å². The van der Waals surface area contributed by atoms with Gasteiger partial charge in [-0.05, 0) is 45.7 Å². The Balaban J connectivity index is 2.32. The summed E-state index contributed by atoms with van der Waals surface area (Å²) >= 11 is 0. The summed E-state index contributed by atoms with van der Waals surface area (Å²) in [6, 6.07) is 7.82. The van der Waals surface area contributed by atoms with Crippen LogP contribution in [0.2, 0.25) is 0 Å². The van der Waals surface area contributed by atoms with E-state index in [9.17, 15) is 9.59 Å². The normalized spacial score (nSPS) is 10.4. The molecular weight excluding hydrogens is 228 g/mol. The first kappa shape index (κ1) is 14.4. The van der Waals surface area contributed by atoms with E-state index in [1.165, 1.54) is 19.4 Å². The molecule has 0 saturated heterocycles. The van der Waals surface area contributed by atoms with Crippen LogP contribution >= 0.6 is 0 Å². The van der Waals surface area contributed by atoms with Crippen LogP contribution in [-0.2, 0) is 9.59 Å². The average Bonchev–Trinajstić information content (AvgIpc) is 2.30. The van der Waals surface area contributed by atoms with Gasteiger partial charge in [0.25, 0.3) is 0 Å². The van der Waals surface area contributed by atoms with Crippen LogP contribution in [0.1, 0.15) is 32.3 Å². The van der Waals surface area contributed by atoms with Crippen LogP contribution in [-0.4, -0.2) is 18.2 Å². The zero-order chi connectivity index (χ0) is 13.5. The van der Waals surface area contributed by atoms with Crippen LogP contribution in [0.15, 0.2) is 24.3 Å². The fourth-order valence-electron chi connectivity index (χ4n) is 1.80. The highest BCUT2D eigenvalue weighted by Crippen LogP contribution is 2.14. The Morgan fingerprint density at radius 2 is 1.67 bits per heavy atom. The first-order chi connectivity index (χ1) is 8.50. The lowest BCUT2D eigenvalue weighted by atomic mass is 9.95. The molecule has 1 rings (SSSR count). The molecule has 0 N–H and O–H groups in total. The maximum Gasteiger partial charge on any atom is 0.140 e. The molecule has 0 amide bonds. The molecule has 0 heterocycles. The van der Waals surface area contributed by atoms with Crippen molar-refractivity contribution in [3.8, 4) is 5.75 Å². The van der Waals surface area contributed by atoms with E-state index in [-0.39, 0.29) is 11.6 Å². The van der Waals surface area contributed by atoms with Crippen molar-refractivity contribution in [2.75, 3.05) is 6.61 Å². The molecular formula is C15H20O3. The highest BCUT2D eigenvalue weighted by molar-refractivity contribution is 6.00. The summed E-state index contributed by atoms with van der Waals surface area (Å²) < 4.78 is 5.55. The standard InChI is InChI=1S/C15H20O3/c1-11-6-8-14(9-7-11)18-10-4-5-15(12(2)16)13(3)17/h6-9,15H,4-5,10H2,1-3H3. The minimum absolute atomic E-state index is 0.0576. The van der Waals surface area contributed by atoms with Crippen molar-refractivity contribution in [3.63, 3.8) is 0 Å². The Bertz CT molecular complexity index is 392. The van der Waals surface area contributed by atoms with E-state index in [1.807, 2.05) is 31.2 Å². The van der Waals surface area contributed by atoms with Crippen LogP contribution in [0, 0.1) is 12.8 Å². The SMILES string of the molecule is CC(=O)C(CCCOc1ccc(C)cc1)C(C)=O. The lowest BCUT2D eigenvalue weighted by molar-refractivity contribution is -0.130. The van der Waals surface area contributed by atoms with E-state index in [1.54, 1.807) is 0 Å². The van der Waals surface area contributed by atoms with Crippen LogP contribution in [0.3, 0.4) is 0 Å². The van der Waals surface area contributed by atoms with E-state index >= 15 is 0 Å². The van der Waals surface area contributed by atoms with Gasteiger partial charge < -0.3 is 4.74 Å². The minimum Gasteiger partial charge on any atom is -0.494 e. The van der Waals surface area contributed by atoms with Gasteiger partial charge in [0.2, 0.25) is 0 Å². The fraction of sp³-hybridized carbons (Fsp3) is 0.467. The molecule has 1 aromatic rings. The summed E-state index contributed by atoms with van der Waals surface area (Å²) in [6.45, 7) is 5.48. The number of hydrogen-bond acceptors (Lipinski definition) is 3. The number of ketones is 2. The third-order valence-corrected chi connectivity index (χ3v) is 2.91. The molecule has 1 aromatic carbocycles. The Morgan fingerprint density at radius 3 is 2.17 bits per heavy atom. The monoisotopic (exact) mass is 248 g/mol. The Kier molecular flexibility index (Phi) is 5.56. The molecule has 0 aliphatic heterocycles. The highest BCUT2D eigenvalue weighted by Gasteiger charge is 2.18. The lowest BCUT2D eigenvalue weighted by Gasteiger charge is -2.10. The smallest absolute Gasteiger partial charge is 0.140 e. The second-order valence-corrected chi connectivity index (χ2v) is 4.58. The van der Waals surface area contributed by atoms with Crippen molar-refractivity contribution in [2.24, 2.45) is 5.92 Å². The van der Waals surface area contributed by atoms with Gasteiger partial charge in [0.15, 0.2) is 0 Å². The molecule has 0 fully saturated rings. The average molecular weight is 248 g/mol. The number of benzene rings is 1. The van der Waals surface area contributed by atoms with Gasteiger partial charge in [-0.3, -0.25) is 9.59 Å². The molecule has 0 aromatic heterocycles. The fourth-order valence-corrected chi connectivity index (χ4v) is 1.80. The molecule has 0 radical (unpaired) electrons. The number of aryl methyl sites for hydroxylation is 1. The number of Topliss-reactive ketones (excluding diaryl/α,β-unsaturated/α-hetero) is 2. The van der Waals surface area contributed by atoms with Gasteiger partial charge in [-0.1, -0.05) is 17.7 Å².